The Kier molecular flexibility index (Phi) is 4.69. The van der Waals surface area contributed by atoms with Gasteiger partial charge in [0.2, 0.25) is 5.91 Å². The average molecular weight is 374 g/mol. The van der Waals surface area contributed by atoms with E-state index in [0.717, 1.165) is 39.0 Å². The van der Waals surface area contributed by atoms with E-state index in [1.54, 1.807) is 0 Å². The summed E-state index contributed by atoms with van der Waals surface area (Å²) in [6.07, 6.45) is 0. The molecule has 0 aliphatic carbocycles. The van der Waals surface area contributed by atoms with E-state index in [1.807, 2.05) is 49.4 Å². The Morgan fingerprint density at radius 2 is 1.75 bits per heavy atom. The predicted octanol–water partition coefficient (Wildman–Crippen LogP) is 3.52. The number of amides is 3. The molecule has 4 rings (SSSR count). The number of pyridine rings is 1. The number of fused-ring (bicyclic) bond motifs is 1. The van der Waals surface area contributed by atoms with Gasteiger partial charge in [-0.05, 0) is 36.6 Å². The van der Waals surface area contributed by atoms with Gasteiger partial charge in [0.15, 0.2) is 0 Å². The lowest BCUT2D eigenvalue weighted by atomic mass is 10.1. The Morgan fingerprint density at radius 3 is 2.46 bits per heavy atom. The smallest absolute Gasteiger partial charge is 0.324 e. The fourth-order valence-corrected chi connectivity index (χ4v) is 3.41. The summed E-state index contributed by atoms with van der Waals surface area (Å²) < 4.78 is 0. The largest absolute Gasteiger partial charge is 0.380 e. The van der Waals surface area contributed by atoms with Gasteiger partial charge >= 0.3 is 6.03 Å². The van der Waals surface area contributed by atoms with Crippen LogP contribution in [0.5, 0.6) is 0 Å². The number of urea groups is 1. The molecule has 0 bridgehead atoms. The topological polar surface area (TPSA) is 74.3 Å². The summed E-state index contributed by atoms with van der Waals surface area (Å²) in [5.41, 5.74) is 6.30. The van der Waals surface area contributed by atoms with E-state index in [2.05, 4.69) is 28.6 Å². The molecule has 142 valence electrons. The van der Waals surface area contributed by atoms with Gasteiger partial charge in [-0.2, -0.15) is 0 Å². The molecule has 0 saturated carbocycles. The van der Waals surface area contributed by atoms with Gasteiger partial charge in [0.1, 0.15) is 0 Å². The molecule has 2 heterocycles. The third-order valence-corrected chi connectivity index (χ3v) is 5.15. The number of rotatable bonds is 5. The van der Waals surface area contributed by atoms with Crippen molar-refractivity contribution in [2.45, 2.75) is 26.9 Å². The van der Waals surface area contributed by atoms with Gasteiger partial charge < -0.3 is 10.6 Å². The highest BCUT2D eigenvalue weighted by Gasteiger charge is 2.28. The Hall–Kier alpha value is -3.41. The molecule has 6 nitrogen and oxygen atoms in total. The zero-order valence-electron chi connectivity index (χ0n) is 16.0. The molecule has 1 aliphatic heterocycles. The molecule has 0 spiro atoms. The Morgan fingerprint density at radius 1 is 1.04 bits per heavy atom. The van der Waals surface area contributed by atoms with Crippen LogP contribution in [-0.4, -0.2) is 28.4 Å². The molecule has 1 fully saturated rings. The van der Waals surface area contributed by atoms with E-state index < -0.39 is 0 Å². The molecule has 3 amide bonds. The number of nitrogens with zero attached hydrogens (tertiary/aromatic N) is 2. The number of carbonyl (C=O) groups is 2. The van der Waals surface area contributed by atoms with Crippen molar-refractivity contribution in [1.29, 1.82) is 0 Å². The Labute approximate surface area is 163 Å². The van der Waals surface area contributed by atoms with Gasteiger partial charge in [-0.25, -0.2) is 4.79 Å². The Bertz CT molecular complexity index is 1040. The summed E-state index contributed by atoms with van der Waals surface area (Å²) >= 11 is 0. The Balaban J connectivity index is 1.49. The van der Waals surface area contributed by atoms with Crippen LogP contribution in [0.15, 0.2) is 48.5 Å². The van der Waals surface area contributed by atoms with Crippen molar-refractivity contribution < 1.29 is 9.59 Å². The summed E-state index contributed by atoms with van der Waals surface area (Å²) in [4.78, 5) is 29.3. The number of carbonyl (C=O) groups excluding carboxylic acids is 2. The average Bonchev–Trinajstić information content (AvgIpc) is 3.01. The molecule has 1 saturated heterocycles. The molecule has 0 unspecified atom stereocenters. The van der Waals surface area contributed by atoms with E-state index in [9.17, 15) is 9.59 Å². The van der Waals surface area contributed by atoms with Crippen molar-refractivity contribution in [2.75, 3.05) is 11.9 Å². The van der Waals surface area contributed by atoms with Crippen LogP contribution in [0.4, 0.5) is 10.5 Å². The minimum atomic E-state index is -0.328. The van der Waals surface area contributed by atoms with Crippen molar-refractivity contribution in [3.8, 4) is 0 Å². The lowest BCUT2D eigenvalue weighted by molar-refractivity contribution is -0.125. The van der Waals surface area contributed by atoms with E-state index in [4.69, 9.17) is 0 Å². The van der Waals surface area contributed by atoms with Crippen LogP contribution in [-0.2, 0) is 17.9 Å². The summed E-state index contributed by atoms with van der Waals surface area (Å²) in [5.74, 6) is -0.189. The fraction of sp³-hybridized carbons (Fsp3) is 0.227. The van der Waals surface area contributed by atoms with Crippen molar-refractivity contribution in [2.24, 2.45) is 0 Å². The molecule has 2 N–H and O–H groups in total. The second-order valence-electron chi connectivity index (χ2n) is 7.02. The maximum Gasteiger partial charge on any atom is 0.324 e. The molecular weight excluding hydrogens is 352 g/mol. The lowest BCUT2D eigenvalue weighted by Gasteiger charge is -2.15. The van der Waals surface area contributed by atoms with Gasteiger partial charge in [-0.15, -0.1) is 0 Å². The molecule has 1 aliphatic rings. The van der Waals surface area contributed by atoms with Gasteiger partial charge in [-0.1, -0.05) is 42.5 Å². The number of hydrogen-bond donors (Lipinski definition) is 2. The quantitative estimate of drug-likeness (QED) is 0.670. The normalized spacial score (nSPS) is 13.9. The first-order valence-electron chi connectivity index (χ1n) is 9.29. The highest BCUT2D eigenvalue weighted by atomic mass is 16.2. The predicted molar refractivity (Wildman–Crippen MR) is 109 cm³/mol. The van der Waals surface area contributed by atoms with Gasteiger partial charge in [0.25, 0.3) is 0 Å². The second-order valence-corrected chi connectivity index (χ2v) is 7.02. The monoisotopic (exact) mass is 374 g/mol. The molecule has 0 radical (unpaired) electrons. The molecule has 28 heavy (non-hydrogen) atoms. The van der Waals surface area contributed by atoms with Crippen LogP contribution in [0.25, 0.3) is 10.9 Å². The second kappa shape index (κ2) is 7.31. The van der Waals surface area contributed by atoms with Gasteiger partial charge in [-0.3, -0.25) is 14.7 Å². The van der Waals surface area contributed by atoms with Crippen molar-refractivity contribution in [3.05, 3.63) is 70.9 Å². The third-order valence-electron chi connectivity index (χ3n) is 5.15. The van der Waals surface area contributed by atoms with Crippen LogP contribution in [0, 0.1) is 13.8 Å². The van der Waals surface area contributed by atoms with E-state index in [-0.39, 0.29) is 18.5 Å². The molecule has 2 aromatic carbocycles. The summed E-state index contributed by atoms with van der Waals surface area (Å²) in [5, 5.41) is 7.20. The number of aromatic nitrogens is 1. The maximum absolute atomic E-state index is 11.7. The van der Waals surface area contributed by atoms with Gasteiger partial charge in [0, 0.05) is 23.3 Å². The van der Waals surface area contributed by atoms with Crippen molar-refractivity contribution >= 4 is 28.5 Å². The minimum Gasteiger partial charge on any atom is -0.380 e. The first-order chi connectivity index (χ1) is 13.5. The van der Waals surface area contributed by atoms with Crippen LogP contribution >= 0.6 is 0 Å². The molecule has 1 aromatic heterocycles. The number of hydrogen-bond acceptors (Lipinski definition) is 4. The first-order valence-corrected chi connectivity index (χ1v) is 9.29. The lowest BCUT2D eigenvalue weighted by Crippen LogP contribution is -2.30. The van der Waals surface area contributed by atoms with Crippen molar-refractivity contribution in [1.82, 2.24) is 15.2 Å². The minimum absolute atomic E-state index is 0.0828. The number of aryl methyl sites for hydroxylation is 1. The highest BCUT2D eigenvalue weighted by molar-refractivity contribution is 6.01. The SMILES string of the molecule is Cc1nc2ccccc2c(NCc2ccc(CN3C(=O)CNC3=O)cc2)c1C. The number of benzene rings is 2. The number of anilines is 1. The zero-order chi connectivity index (χ0) is 19.7. The third kappa shape index (κ3) is 3.41. The van der Waals surface area contributed by atoms with Crippen LogP contribution in [0.3, 0.4) is 0 Å². The summed E-state index contributed by atoms with van der Waals surface area (Å²) in [6.45, 7) is 5.17. The molecule has 3 aromatic rings. The van der Waals surface area contributed by atoms with Crippen molar-refractivity contribution in [3.63, 3.8) is 0 Å². The van der Waals surface area contributed by atoms with Crippen LogP contribution < -0.4 is 10.6 Å². The fourth-order valence-electron chi connectivity index (χ4n) is 3.41. The van der Waals surface area contributed by atoms with Gasteiger partial charge in [0.05, 0.1) is 18.6 Å². The number of nitrogens with one attached hydrogen (secondary N) is 2. The van der Waals surface area contributed by atoms with E-state index >= 15 is 0 Å². The molecular formula is C22H22N4O2. The first kappa shape index (κ1) is 18.0. The zero-order valence-corrected chi connectivity index (χ0v) is 16.0. The number of para-hydroxylation sites is 1. The molecule has 0 atom stereocenters. The summed E-state index contributed by atoms with van der Waals surface area (Å²) in [6, 6.07) is 15.8. The van der Waals surface area contributed by atoms with Crippen LogP contribution in [0.1, 0.15) is 22.4 Å². The maximum atomic E-state index is 11.7. The standard InChI is InChI=1S/C22H22N4O2/c1-14-15(2)25-19-6-4-3-5-18(19)21(14)23-11-16-7-9-17(10-8-16)13-26-20(27)12-24-22(26)28/h3-10H,11-13H2,1-2H3,(H,23,25)(H,24,28). The van der Waals surface area contributed by atoms with Crippen LogP contribution in [0.2, 0.25) is 0 Å². The highest BCUT2D eigenvalue weighted by Crippen LogP contribution is 2.28. The number of imide groups is 1. The van der Waals surface area contributed by atoms with E-state index in [0.29, 0.717) is 13.1 Å². The summed E-state index contributed by atoms with van der Waals surface area (Å²) in [7, 11) is 0. The van der Waals surface area contributed by atoms with E-state index in [1.165, 1.54) is 4.90 Å². The molecule has 6 heteroatoms.